The van der Waals surface area contributed by atoms with Crippen LogP contribution in [0.1, 0.15) is 13.8 Å². The van der Waals surface area contributed by atoms with Crippen LogP contribution in [0.25, 0.3) is 0 Å². The van der Waals surface area contributed by atoms with Crippen molar-refractivity contribution >= 4 is 22.0 Å². The number of nitrogens with one attached hydrogen (secondary N) is 2. The molecule has 112 valence electrons. The van der Waals surface area contributed by atoms with Crippen LogP contribution in [0.2, 0.25) is 0 Å². The van der Waals surface area contributed by atoms with Crippen molar-refractivity contribution in [2.75, 3.05) is 11.8 Å². The molecular weight excluding hydrogens is 288 g/mol. The Morgan fingerprint density at radius 2 is 2.00 bits per heavy atom. The van der Waals surface area contributed by atoms with Crippen molar-refractivity contribution in [2.45, 2.75) is 20.0 Å². The highest BCUT2D eigenvalue weighted by Gasteiger charge is 2.18. The van der Waals surface area contributed by atoms with Crippen LogP contribution in [0.15, 0.2) is 18.2 Å². The number of hydrogen-bond acceptors (Lipinski definition) is 6. The smallest absolute Gasteiger partial charge is 0.422 e. The van der Waals surface area contributed by atoms with Crippen molar-refractivity contribution in [1.82, 2.24) is 4.72 Å². The van der Waals surface area contributed by atoms with Crippen molar-refractivity contribution in [1.29, 1.82) is 0 Å². The number of hydrogen-bond donors (Lipinski definition) is 3. The van der Waals surface area contributed by atoms with Crippen LogP contribution >= 0.6 is 0 Å². The molecule has 0 aliphatic carbocycles. The highest BCUT2D eigenvalue weighted by atomic mass is 32.2. The van der Waals surface area contributed by atoms with Crippen molar-refractivity contribution in [3.63, 3.8) is 0 Å². The summed E-state index contributed by atoms with van der Waals surface area (Å²) in [5, 5.41) is 9.61. The van der Waals surface area contributed by atoms with Gasteiger partial charge in [-0.15, -0.1) is 0 Å². The van der Waals surface area contributed by atoms with Gasteiger partial charge in [0.1, 0.15) is 11.5 Å². The molecule has 0 heterocycles. The van der Waals surface area contributed by atoms with E-state index in [-0.39, 0.29) is 11.4 Å². The molecule has 9 heteroatoms. The van der Waals surface area contributed by atoms with E-state index in [1.54, 1.807) is 18.6 Å². The van der Waals surface area contributed by atoms with Crippen LogP contribution in [-0.4, -0.2) is 32.8 Å². The first-order valence-electron chi connectivity index (χ1n) is 5.61. The molecule has 20 heavy (non-hydrogen) atoms. The van der Waals surface area contributed by atoms with Gasteiger partial charge in [-0.3, -0.25) is 4.72 Å². The van der Waals surface area contributed by atoms with Crippen LogP contribution in [0.5, 0.6) is 11.5 Å². The third-order valence-electron chi connectivity index (χ3n) is 2.01. The molecule has 1 amide bonds. The van der Waals surface area contributed by atoms with Gasteiger partial charge in [0.05, 0.1) is 18.9 Å². The van der Waals surface area contributed by atoms with E-state index in [1.165, 1.54) is 25.3 Å². The van der Waals surface area contributed by atoms with Gasteiger partial charge in [0.15, 0.2) is 0 Å². The largest absolute Gasteiger partial charge is 0.506 e. The fourth-order valence-electron chi connectivity index (χ4n) is 1.24. The number of benzene rings is 1. The number of rotatable bonds is 5. The van der Waals surface area contributed by atoms with Gasteiger partial charge in [-0.05, 0) is 26.0 Å². The van der Waals surface area contributed by atoms with Crippen LogP contribution in [0.3, 0.4) is 0 Å². The summed E-state index contributed by atoms with van der Waals surface area (Å²) >= 11 is 0. The fraction of sp³-hybridized carbons (Fsp3) is 0.364. The summed E-state index contributed by atoms with van der Waals surface area (Å²) in [5.74, 6) is 0.0181. The summed E-state index contributed by atoms with van der Waals surface area (Å²) in [7, 11) is -2.79. The molecule has 0 aliphatic rings. The first kappa shape index (κ1) is 15.9. The maximum Gasteiger partial charge on any atom is 0.422 e. The van der Waals surface area contributed by atoms with E-state index in [0.29, 0.717) is 5.75 Å². The molecule has 0 fully saturated rings. The Hall–Kier alpha value is -2.16. The lowest BCUT2D eigenvalue weighted by molar-refractivity contribution is 0.121. The van der Waals surface area contributed by atoms with Crippen LogP contribution in [0.4, 0.5) is 10.5 Å². The fourth-order valence-corrected chi connectivity index (χ4v) is 2.02. The normalized spacial score (nSPS) is 11.0. The summed E-state index contributed by atoms with van der Waals surface area (Å²) in [6.07, 6.45) is -1.57. The Labute approximate surface area is 116 Å². The van der Waals surface area contributed by atoms with E-state index >= 15 is 0 Å². The number of amides is 1. The van der Waals surface area contributed by atoms with Crippen molar-refractivity contribution < 1.29 is 27.8 Å². The second-order valence-corrected chi connectivity index (χ2v) is 5.46. The van der Waals surface area contributed by atoms with E-state index in [4.69, 9.17) is 4.74 Å². The Morgan fingerprint density at radius 1 is 1.35 bits per heavy atom. The summed E-state index contributed by atoms with van der Waals surface area (Å²) in [6.45, 7) is 3.16. The number of methoxy groups -OCH3 is 1. The first-order chi connectivity index (χ1) is 9.23. The van der Waals surface area contributed by atoms with Crippen LogP contribution in [0, 0.1) is 0 Å². The number of ether oxygens (including phenoxy) is 2. The average Bonchev–Trinajstić information content (AvgIpc) is 2.29. The lowest BCUT2D eigenvalue weighted by Gasteiger charge is -2.12. The average molecular weight is 304 g/mol. The van der Waals surface area contributed by atoms with Crippen molar-refractivity contribution in [2.24, 2.45) is 0 Å². The number of carbonyl (C=O) groups is 1. The molecule has 1 rings (SSSR count). The Kier molecular flexibility index (Phi) is 5.03. The zero-order valence-electron chi connectivity index (χ0n) is 11.2. The second-order valence-electron chi connectivity index (χ2n) is 4.04. The number of phenolic OH excluding ortho intramolecular Hbond substituents is 1. The zero-order chi connectivity index (χ0) is 15.3. The van der Waals surface area contributed by atoms with Gasteiger partial charge in [-0.25, -0.2) is 9.52 Å². The molecule has 0 radical (unpaired) electrons. The first-order valence-corrected chi connectivity index (χ1v) is 7.10. The number of carbonyl (C=O) groups excluding carboxylic acids is 1. The lowest BCUT2D eigenvalue weighted by Crippen LogP contribution is -2.36. The maximum absolute atomic E-state index is 11.6. The van der Waals surface area contributed by atoms with Gasteiger partial charge in [-0.2, -0.15) is 8.42 Å². The summed E-state index contributed by atoms with van der Waals surface area (Å²) in [4.78, 5) is 11.2. The minimum Gasteiger partial charge on any atom is -0.506 e. The Bertz CT molecular complexity index is 585. The minimum absolute atomic E-state index is 0.101. The van der Waals surface area contributed by atoms with Gasteiger partial charge >= 0.3 is 16.3 Å². The molecule has 0 saturated carbocycles. The van der Waals surface area contributed by atoms with Crippen molar-refractivity contribution in [3.8, 4) is 11.5 Å². The topological polar surface area (TPSA) is 114 Å². The predicted octanol–water partition coefficient (Wildman–Crippen LogP) is 1.19. The Morgan fingerprint density at radius 3 is 2.50 bits per heavy atom. The van der Waals surface area contributed by atoms with E-state index < -0.39 is 22.4 Å². The van der Waals surface area contributed by atoms with E-state index in [2.05, 4.69) is 4.74 Å². The van der Waals surface area contributed by atoms with Crippen LogP contribution < -0.4 is 14.2 Å². The predicted molar refractivity (Wildman–Crippen MR) is 72.0 cm³/mol. The van der Waals surface area contributed by atoms with Crippen LogP contribution in [-0.2, 0) is 14.9 Å². The quantitative estimate of drug-likeness (QED) is 0.704. The molecule has 0 aromatic heterocycles. The molecule has 8 nitrogen and oxygen atoms in total. The van der Waals surface area contributed by atoms with Gasteiger partial charge in [0.25, 0.3) is 0 Å². The number of anilines is 1. The van der Waals surface area contributed by atoms with E-state index in [9.17, 15) is 18.3 Å². The molecule has 0 unspecified atom stereocenters. The highest BCUT2D eigenvalue weighted by Crippen LogP contribution is 2.28. The van der Waals surface area contributed by atoms with E-state index in [0.717, 1.165) is 0 Å². The summed E-state index contributed by atoms with van der Waals surface area (Å²) in [6, 6.07) is 3.97. The van der Waals surface area contributed by atoms with E-state index in [1.807, 2.05) is 4.72 Å². The third kappa shape index (κ3) is 4.84. The molecule has 1 aromatic carbocycles. The van der Waals surface area contributed by atoms with Gasteiger partial charge < -0.3 is 14.6 Å². The lowest BCUT2D eigenvalue weighted by atomic mass is 10.3. The zero-order valence-corrected chi connectivity index (χ0v) is 12.0. The molecule has 0 spiro atoms. The molecule has 1 aromatic rings. The third-order valence-corrected chi connectivity index (χ3v) is 2.93. The van der Waals surface area contributed by atoms with Crippen molar-refractivity contribution in [3.05, 3.63) is 18.2 Å². The number of aromatic hydroxyl groups is 1. The molecule has 0 bridgehead atoms. The second kappa shape index (κ2) is 6.33. The molecule has 0 aliphatic heterocycles. The van der Waals surface area contributed by atoms with Gasteiger partial charge in [-0.1, -0.05) is 0 Å². The monoisotopic (exact) mass is 304 g/mol. The molecular formula is C11H16N2O6S. The van der Waals surface area contributed by atoms with Gasteiger partial charge in [0.2, 0.25) is 0 Å². The molecule has 0 saturated heterocycles. The summed E-state index contributed by atoms with van der Waals surface area (Å²) in [5.41, 5.74) is -0.101. The standard InChI is InChI=1S/C11H16N2O6S/c1-7(2)19-11(15)13-20(16,17)12-9-5-4-8(18-3)6-10(9)14/h4-7,12,14H,1-3H3,(H,13,15). The minimum atomic E-state index is -4.20. The number of phenols is 1. The maximum atomic E-state index is 11.6. The SMILES string of the molecule is COc1ccc(NS(=O)(=O)NC(=O)OC(C)C)c(O)c1. The summed E-state index contributed by atoms with van der Waals surface area (Å²) < 4.78 is 36.4. The van der Waals surface area contributed by atoms with Gasteiger partial charge in [0, 0.05) is 6.07 Å². The Balaban J connectivity index is 2.78. The molecule has 3 N–H and O–H groups in total. The highest BCUT2D eigenvalue weighted by molar-refractivity contribution is 7.91. The molecule has 0 atom stereocenters.